The monoisotopic (exact) mass is 778 g/mol. The number of imide groups is 1. The van der Waals surface area contributed by atoms with Crippen molar-refractivity contribution in [3.05, 3.63) is 64.7 Å². The quantitative estimate of drug-likeness (QED) is 0.168. The number of likely N-dealkylation sites (N-methyl/N-ethyl adjacent to an activating group) is 1. The molecular weight excluding hydrogens is 721 g/mol. The van der Waals surface area contributed by atoms with E-state index in [4.69, 9.17) is 19.7 Å². The molecule has 300 valence electrons. The van der Waals surface area contributed by atoms with E-state index >= 15 is 0 Å². The Balaban J connectivity index is 1.44. The molecule has 14 nitrogen and oxygen atoms in total. The number of ether oxygens (including phenoxy) is 1. The lowest BCUT2D eigenvalue weighted by Gasteiger charge is -2.41. The molecule has 2 atom stereocenters. The van der Waals surface area contributed by atoms with Crippen LogP contribution in [0.5, 0.6) is 5.75 Å². The van der Waals surface area contributed by atoms with Crippen molar-refractivity contribution in [1.29, 1.82) is 0 Å². The summed E-state index contributed by atoms with van der Waals surface area (Å²) in [4.78, 5) is 40.9. The Morgan fingerprint density at radius 3 is 2.44 bits per heavy atom. The van der Waals surface area contributed by atoms with Crippen LogP contribution in [0.15, 0.2) is 41.5 Å². The van der Waals surface area contributed by atoms with Gasteiger partial charge < -0.3 is 14.5 Å². The van der Waals surface area contributed by atoms with Crippen molar-refractivity contribution in [3.8, 4) is 5.75 Å². The Kier molecular flexibility index (Phi) is 12.1. The summed E-state index contributed by atoms with van der Waals surface area (Å²) in [5.41, 5.74) is 3.19. The largest absolute Gasteiger partial charge is 0.493 e. The van der Waals surface area contributed by atoms with E-state index in [1.807, 2.05) is 30.9 Å². The van der Waals surface area contributed by atoms with Crippen molar-refractivity contribution in [1.82, 2.24) is 24.9 Å². The number of fused-ring (bicyclic) bond motifs is 2. The minimum Gasteiger partial charge on any atom is -0.493 e. The molecule has 0 bridgehead atoms. The van der Waals surface area contributed by atoms with Crippen LogP contribution in [0, 0.1) is 12.3 Å². The Morgan fingerprint density at radius 2 is 1.80 bits per heavy atom. The number of nitrogens with zero attached hydrogens (tertiary/aromatic N) is 6. The maximum Gasteiger partial charge on any atom is 0.438 e. The first-order valence-electron chi connectivity index (χ1n) is 19.1. The molecule has 2 aromatic carbocycles. The van der Waals surface area contributed by atoms with E-state index in [0.29, 0.717) is 48.9 Å². The fourth-order valence-corrected chi connectivity index (χ4v) is 8.22. The molecule has 3 aromatic rings. The van der Waals surface area contributed by atoms with Gasteiger partial charge in [-0.15, -0.1) is 9.89 Å². The summed E-state index contributed by atoms with van der Waals surface area (Å²) in [6.45, 7) is 23.0. The van der Waals surface area contributed by atoms with E-state index in [1.165, 1.54) is 15.4 Å². The van der Waals surface area contributed by atoms with Crippen LogP contribution < -0.4 is 24.7 Å². The van der Waals surface area contributed by atoms with Gasteiger partial charge in [-0.2, -0.15) is 10.2 Å². The van der Waals surface area contributed by atoms with Crippen molar-refractivity contribution >= 4 is 39.1 Å². The number of sulfonamides is 1. The molecule has 1 saturated heterocycles. The number of benzene rings is 2. The van der Waals surface area contributed by atoms with Crippen LogP contribution in [0.25, 0.3) is 0 Å². The van der Waals surface area contributed by atoms with Crippen LogP contribution in [0.2, 0.25) is 0 Å². The van der Waals surface area contributed by atoms with Crippen molar-refractivity contribution < 1.29 is 27.6 Å². The molecule has 55 heavy (non-hydrogen) atoms. The second-order valence-electron chi connectivity index (χ2n) is 16.7. The van der Waals surface area contributed by atoms with Gasteiger partial charge in [-0.25, -0.2) is 22.9 Å². The van der Waals surface area contributed by atoms with Crippen LogP contribution in [0.3, 0.4) is 0 Å². The van der Waals surface area contributed by atoms with Gasteiger partial charge in [0.15, 0.2) is 11.6 Å². The lowest BCUT2D eigenvalue weighted by atomic mass is 9.72. The summed E-state index contributed by atoms with van der Waals surface area (Å²) in [6, 6.07) is 12.1. The van der Waals surface area contributed by atoms with E-state index in [0.717, 1.165) is 42.5 Å². The number of rotatable bonds is 16. The number of aromatic nitrogens is 3. The minimum absolute atomic E-state index is 0.0280. The lowest BCUT2D eigenvalue weighted by molar-refractivity contribution is -0.128. The predicted molar refractivity (Wildman–Crippen MR) is 215 cm³/mol. The summed E-state index contributed by atoms with van der Waals surface area (Å²) in [6.07, 6.45) is 3.58. The van der Waals surface area contributed by atoms with Gasteiger partial charge in [0.25, 0.3) is 11.4 Å². The molecule has 0 radical (unpaired) electrons. The summed E-state index contributed by atoms with van der Waals surface area (Å²) in [7, 11) is -3.33. The smallest absolute Gasteiger partial charge is 0.438 e. The maximum absolute atomic E-state index is 14.0. The van der Waals surface area contributed by atoms with Crippen molar-refractivity contribution in [2.45, 2.75) is 112 Å². The van der Waals surface area contributed by atoms with Gasteiger partial charge in [0.2, 0.25) is 10.0 Å². The van der Waals surface area contributed by atoms with Crippen LogP contribution in [-0.4, -0.2) is 73.5 Å². The van der Waals surface area contributed by atoms with E-state index in [-0.39, 0.29) is 29.1 Å². The average Bonchev–Trinajstić information content (AvgIpc) is 3.61. The van der Waals surface area contributed by atoms with Crippen LogP contribution in [0.1, 0.15) is 116 Å². The SMILES string of the molecule is CCCOc1ccc(C(C)(C)CC(C)(C)C)cc1CCC(C)c1nc2n(n1)N=C(C)C21C(=O)NC(=O)ON1c1ccc(N(CC)CCNS(C)(=O)=O)cc1C. The van der Waals surface area contributed by atoms with Gasteiger partial charge >= 0.3 is 6.09 Å². The summed E-state index contributed by atoms with van der Waals surface area (Å²) in [5, 5.41) is 13.0. The van der Waals surface area contributed by atoms with Gasteiger partial charge in [-0.3, -0.25) is 10.1 Å². The standard InChI is InChI=1S/C40H58N8O6S/c1-12-22-53-33-19-16-30(39(9,10)25-38(6,7)8)24-29(33)15-14-26(3)34-42-35-40(28(5)44-48(35)45-34)36(49)43-37(50)54-47(40)32-18-17-31(23-27(32)4)46(13-2)21-20-41-55(11,51)52/h16-19,23-24,26,41H,12-15,20-22,25H2,1-11H3,(H,43,49,50). The fourth-order valence-electron chi connectivity index (χ4n) is 7.76. The van der Waals surface area contributed by atoms with Crippen LogP contribution in [0.4, 0.5) is 16.2 Å². The number of amides is 2. The van der Waals surface area contributed by atoms with Gasteiger partial charge in [0, 0.05) is 31.2 Å². The molecule has 0 aliphatic carbocycles. The molecule has 0 saturated carbocycles. The van der Waals surface area contributed by atoms with Crippen molar-refractivity contribution in [3.63, 3.8) is 0 Å². The molecule has 2 N–H and O–H groups in total. The van der Waals surface area contributed by atoms with Gasteiger partial charge in [0.1, 0.15) is 5.75 Å². The van der Waals surface area contributed by atoms with E-state index in [2.05, 4.69) is 81.8 Å². The third kappa shape index (κ3) is 8.98. The van der Waals surface area contributed by atoms with E-state index in [1.54, 1.807) is 13.0 Å². The topological polar surface area (TPSA) is 160 Å². The van der Waals surface area contributed by atoms with E-state index in [9.17, 15) is 18.0 Å². The molecule has 2 aliphatic rings. The number of hydroxylamine groups is 1. The summed E-state index contributed by atoms with van der Waals surface area (Å²) in [5.74, 6) is 0.864. The van der Waals surface area contributed by atoms with Crippen molar-refractivity contribution in [2.75, 3.05) is 42.5 Å². The minimum atomic E-state index is -3.33. The number of nitrogens with one attached hydrogen (secondary N) is 2. The zero-order chi connectivity index (χ0) is 40.5. The molecule has 1 fully saturated rings. The number of aryl methyl sites for hydroxylation is 2. The Labute approximate surface area is 326 Å². The van der Waals surface area contributed by atoms with Crippen LogP contribution >= 0.6 is 0 Å². The van der Waals surface area contributed by atoms with Crippen LogP contribution in [-0.2, 0) is 37.0 Å². The first-order chi connectivity index (χ1) is 25.7. The lowest BCUT2D eigenvalue weighted by Crippen LogP contribution is -2.66. The zero-order valence-corrected chi connectivity index (χ0v) is 35.1. The molecule has 2 aliphatic heterocycles. The first kappa shape index (κ1) is 41.7. The average molecular weight is 779 g/mol. The van der Waals surface area contributed by atoms with Gasteiger partial charge in [-0.05, 0) is 98.2 Å². The third-order valence-electron chi connectivity index (χ3n) is 10.2. The fraction of sp³-hybridized carbons (Fsp3) is 0.575. The zero-order valence-electron chi connectivity index (χ0n) is 34.2. The summed E-state index contributed by atoms with van der Waals surface area (Å²) >= 11 is 0. The van der Waals surface area contributed by atoms with E-state index < -0.39 is 27.6 Å². The highest BCUT2D eigenvalue weighted by atomic mass is 32.2. The number of hydrogen-bond acceptors (Lipinski definition) is 11. The highest BCUT2D eigenvalue weighted by Crippen LogP contribution is 2.43. The number of anilines is 2. The van der Waals surface area contributed by atoms with Gasteiger partial charge in [-0.1, -0.05) is 60.6 Å². The molecule has 2 amide bonds. The Morgan fingerprint density at radius 1 is 1.07 bits per heavy atom. The third-order valence-corrected chi connectivity index (χ3v) is 10.9. The first-order valence-corrected chi connectivity index (χ1v) is 21.0. The number of hydrogen-bond donors (Lipinski definition) is 2. The maximum atomic E-state index is 14.0. The highest BCUT2D eigenvalue weighted by molar-refractivity contribution is 7.88. The molecular formula is C40H58N8O6S. The second kappa shape index (κ2) is 15.9. The van der Waals surface area contributed by atoms with Gasteiger partial charge in [0.05, 0.1) is 24.3 Å². The number of carbonyl (C=O) groups excluding carboxylic acids is 2. The molecule has 1 spiro atoms. The Bertz CT molecular complexity index is 2050. The highest BCUT2D eigenvalue weighted by Gasteiger charge is 2.62. The molecule has 15 heteroatoms. The Hall–Kier alpha value is -4.50. The molecule has 5 rings (SSSR count). The summed E-state index contributed by atoms with van der Waals surface area (Å²) < 4.78 is 32.0. The number of carbonyl (C=O) groups is 2. The van der Waals surface area contributed by atoms with Crippen molar-refractivity contribution in [2.24, 2.45) is 10.5 Å². The second-order valence-corrected chi connectivity index (χ2v) is 18.5. The molecule has 1 aromatic heterocycles. The molecule has 3 heterocycles. The normalized spacial score (nSPS) is 17.9. The molecule has 2 unspecified atom stereocenters. The predicted octanol–water partition coefficient (Wildman–Crippen LogP) is 6.32.